The average Bonchev–Trinajstić information content (AvgIpc) is 2.35. The maximum atomic E-state index is 13.7. The van der Waals surface area contributed by atoms with E-state index in [1.54, 1.807) is 37.6 Å². The molecule has 4 heteroatoms. The molecule has 0 amide bonds. The van der Waals surface area contributed by atoms with Gasteiger partial charge in [0.05, 0.1) is 6.20 Å². The third-order valence-corrected chi connectivity index (χ3v) is 2.27. The molecule has 0 fully saturated rings. The van der Waals surface area contributed by atoms with E-state index in [1.165, 1.54) is 6.07 Å². The third-order valence-electron chi connectivity index (χ3n) is 2.27. The molecule has 3 nitrogen and oxygen atoms in total. The van der Waals surface area contributed by atoms with Crippen LogP contribution in [-0.2, 0) is 6.54 Å². The summed E-state index contributed by atoms with van der Waals surface area (Å²) in [5.74, 6) is 0.395. The predicted octanol–water partition coefficient (Wildman–Crippen LogP) is 2.73. The van der Waals surface area contributed by atoms with Gasteiger partial charge in [0, 0.05) is 18.3 Å². The molecule has 0 aliphatic carbocycles. The second-order valence-corrected chi connectivity index (χ2v) is 3.55. The smallest absolute Gasteiger partial charge is 0.167 e. The Labute approximate surface area is 99.3 Å². The summed E-state index contributed by atoms with van der Waals surface area (Å²) in [7, 11) is 1.80. The Balaban J connectivity index is 2.31. The van der Waals surface area contributed by atoms with Crippen LogP contribution < -0.4 is 10.1 Å². The highest BCUT2D eigenvalue weighted by atomic mass is 19.1. The van der Waals surface area contributed by atoms with Crippen LogP contribution in [0.1, 0.15) is 5.56 Å². The molecule has 2 aromatic rings. The van der Waals surface area contributed by atoms with Gasteiger partial charge < -0.3 is 10.1 Å². The second kappa shape index (κ2) is 5.41. The molecule has 1 N–H and O–H groups in total. The van der Waals surface area contributed by atoms with Crippen molar-refractivity contribution in [1.82, 2.24) is 10.3 Å². The Morgan fingerprint density at radius 2 is 2.18 bits per heavy atom. The molecule has 1 heterocycles. The topological polar surface area (TPSA) is 34.1 Å². The van der Waals surface area contributed by atoms with Crippen LogP contribution in [0.4, 0.5) is 4.39 Å². The van der Waals surface area contributed by atoms with E-state index in [0.717, 1.165) is 5.56 Å². The number of halogens is 1. The molecule has 0 unspecified atom stereocenters. The lowest BCUT2D eigenvalue weighted by Gasteiger charge is -2.11. The fourth-order valence-electron chi connectivity index (χ4n) is 1.52. The minimum Gasteiger partial charge on any atom is -0.452 e. The summed E-state index contributed by atoms with van der Waals surface area (Å²) in [4.78, 5) is 3.92. The molecule has 1 aromatic carbocycles. The van der Waals surface area contributed by atoms with E-state index in [4.69, 9.17) is 4.74 Å². The summed E-state index contributed by atoms with van der Waals surface area (Å²) in [6.45, 7) is 0.549. The monoisotopic (exact) mass is 232 g/mol. The predicted molar refractivity (Wildman–Crippen MR) is 63.5 cm³/mol. The summed E-state index contributed by atoms with van der Waals surface area (Å²) in [5.41, 5.74) is 0.774. The van der Waals surface area contributed by atoms with Crippen LogP contribution in [0.5, 0.6) is 11.5 Å². The van der Waals surface area contributed by atoms with Crippen LogP contribution in [0.2, 0.25) is 0 Å². The standard InChI is InChI=1S/C13H13FN2O/c1-15-8-10-4-2-6-12(14)13(10)17-11-5-3-7-16-9-11/h2-7,9,15H,8H2,1H3. The minimum absolute atomic E-state index is 0.245. The molecule has 0 saturated carbocycles. The van der Waals surface area contributed by atoms with E-state index in [2.05, 4.69) is 10.3 Å². The van der Waals surface area contributed by atoms with Crippen molar-refractivity contribution in [2.75, 3.05) is 7.05 Å². The van der Waals surface area contributed by atoms with Gasteiger partial charge in [-0.1, -0.05) is 12.1 Å². The van der Waals surface area contributed by atoms with Crippen LogP contribution in [0.15, 0.2) is 42.7 Å². The van der Waals surface area contributed by atoms with Crippen LogP contribution in [-0.4, -0.2) is 12.0 Å². The first-order valence-corrected chi connectivity index (χ1v) is 5.31. The molecule has 0 atom stereocenters. The molecule has 1 aromatic heterocycles. The number of hydrogen-bond acceptors (Lipinski definition) is 3. The zero-order valence-electron chi connectivity index (χ0n) is 9.48. The fourth-order valence-corrected chi connectivity index (χ4v) is 1.52. The summed E-state index contributed by atoms with van der Waals surface area (Å²) in [6.07, 6.45) is 3.19. The lowest BCUT2D eigenvalue weighted by Crippen LogP contribution is -2.07. The molecule has 0 saturated heterocycles. The highest BCUT2D eigenvalue weighted by Gasteiger charge is 2.10. The van der Waals surface area contributed by atoms with Gasteiger partial charge in [0.25, 0.3) is 0 Å². The summed E-state index contributed by atoms with van der Waals surface area (Å²) >= 11 is 0. The van der Waals surface area contributed by atoms with Crippen molar-refractivity contribution in [3.63, 3.8) is 0 Å². The van der Waals surface area contributed by atoms with Crippen LogP contribution in [0, 0.1) is 5.82 Å². The highest BCUT2D eigenvalue weighted by molar-refractivity contribution is 5.38. The van der Waals surface area contributed by atoms with Crippen molar-refractivity contribution in [2.45, 2.75) is 6.54 Å². The Morgan fingerprint density at radius 1 is 1.29 bits per heavy atom. The number of nitrogens with one attached hydrogen (secondary N) is 1. The van der Waals surface area contributed by atoms with E-state index in [1.807, 2.05) is 6.07 Å². The number of rotatable bonds is 4. The maximum Gasteiger partial charge on any atom is 0.167 e. The first-order chi connectivity index (χ1) is 8.31. The van der Waals surface area contributed by atoms with Crippen LogP contribution in [0.3, 0.4) is 0 Å². The van der Waals surface area contributed by atoms with Crippen LogP contribution >= 0.6 is 0 Å². The molecular formula is C13H13FN2O. The van der Waals surface area contributed by atoms with Gasteiger partial charge in [0.15, 0.2) is 11.6 Å². The second-order valence-electron chi connectivity index (χ2n) is 3.55. The van der Waals surface area contributed by atoms with Crippen molar-refractivity contribution >= 4 is 0 Å². The van der Waals surface area contributed by atoms with Crippen molar-refractivity contribution in [2.24, 2.45) is 0 Å². The van der Waals surface area contributed by atoms with Gasteiger partial charge >= 0.3 is 0 Å². The maximum absolute atomic E-state index is 13.7. The third kappa shape index (κ3) is 2.79. The van der Waals surface area contributed by atoms with Gasteiger partial charge in [-0.05, 0) is 25.2 Å². The van der Waals surface area contributed by atoms with E-state index >= 15 is 0 Å². The molecular weight excluding hydrogens is 219 g/mol. The van der Waals surface area contributed by atoms with Gasteiger partial charge in [-0.15, -0.1) is 0 Å². The molecule has 88 valence electrons. The van der Waals surface area contributed by atoms with E-state index in [-0.39, 0.29) is 11.6 Å². The molecule has 0 spiro atoms. The normalized spacial score (nSPS) is 10.2. The number of pyridine rings is 1. The largest absolute Gasteiger partial charge is 0.452 e. The minimum atomic E-state index is -0.374. The highest BCUT2D eigenvalue weighted by Crippen LogP contribution is 2.27. The first-order valence-electron chi connectivity index (χ1n) is 5.31. The number of para-hydroxylation sites is 1. The van der Waals surface area contributed by atoms with Gasteiger partial charge in [-0.2, -0.15) is 0 Å². The quantitative estimate of drug-likeness (QED) is 0.880. The lowest BCUT2D eigenvalue weighted by molar-refractivity contribution is 0.433. The van der Waals surface area contributed by atoms with Crippen molar-refractivity contribution in [3.05, 3.63) is 54.1 Å². The summed E-state index contributed by atoms with van der Waals surface area (Å²) < 4.78 is 19.2. The SMILES string of the molecule is CNCc1cccc(F)c1Oc1cccnc1. The Bertz CT molecular complexity index is 488. The van der Waals surface area contributed by atoms with Gasteiger partial charge in [0.1, 0.15) is 5.75 Å². The number of hydrogen-bond donors (Lipinski definition) is 1. The number of nitrogens with zero attached hydrogens (tertiary/aromatic N) is 1. The Hall–Kier alpha value is -1.94. The number of aromatic nitrogens is 1. The molecule has 2 rings (SSSR count). The van der Waals surface area contributed by atoms with Gasteiger partial charge in [-0.25, -0.2) is 4.39 Å². The average molecular weight is 232 g/mol. The number of benzene rings is 1. The lowest BCUT2D eigenvalue weighted by atomic mass is 10.2. The molecule has 0 radical (unpaired) electrons. The first kappa shape index (κ1) is 11.5. The van der Waals surface area contributed by atoms with Gasteiger partial charge in [-0.3, -0.25) is 4.98 Å². The Kier molecular flexibility index (Phi) is 3.67. The van der Waals surface area contributed by atoms with Crippen molar-refractivity contribution in [1.29, 1.82) is 0 Å². The van der Waals surface area contributed by atoms with E-state index < -0.39 is 0 Å². The Morgan fingerprint density at radius 3 is 2.88 bits per heavy atom. The molecule has 0 bridgehead atoms. The number of ether oxygens (including phenoxy) is 1. The zero-order chi connectivity index (χ0) is 12.1. The summed E-state index contributed by atoms with van der Waals surface area (Å²) in [6, 6.07) is 8.35. The molecule has 0 aliphatic heterocycles. The van der Waals surface area contributed by atoms with Crippen molar-refractivity contribution in [3.8, 4) is 11.5 Å². The fraction of sp³-hybridized carbons (Fsp3) is 0.154. The zero-order valence-corrected chi connectivity index (χ0v) is 9.48. The van der Waals surface area contributed by atoms with E-state index in [9.17, 15) is 4.39 Å². The molecule has 17 heavy (non-hydrogen) atoms. The summed E-state index contributed by atoms with van der Waals surface area (Å²) in [5, 5.41) is 2.98. The molecule has 0 aliphatic rings. The van der Waals surface area contributed by atoms with Crippen LogP contribution in [0.25, 0.3) is 0 Å². The van der Waals surface area contributed by atoms with E-state index in [0.29, 0.717) is 12.3 Å². The van der Waals surface area contributed by atoms with Crippen molar-refractivity contribution < 1.29 is 9.13 Å². The van der Waals surface area contributed by atoms with Gasteiger partial charge in [0.2, 0.25) is 0 Å².